The van der Waals surface area contributed by atoms with Crippen LogP contribution in [0.25, 0.3) is 10.2 Å². The van der Waals surface area contributed by atoms with E-state index in [1.165, 1.54) is 4.70 Å². The molecule has 3 nitrogen and oxygen atoms in total. The Morgan fingerprint density at radius 2 is 2.21 bits per heavy atom. The summed E-state index contributed by atoms with van der Waals surface area (Å²) in [5.41, 5.74) is 3.01. The highest BCUT2D eigenvalue weighted by Crippen LogP contribution is 2.26. The van der Waals surface area contributed by atoms with E-state index in [0.717, 1.165) is 16.8 Å². The van der Waals surface area contributed by atoms with Crippen molar-refractivity contribution in [3.63, 3.8) is 0 Å². The quantitative estimate of drug-likeness (QED) is 0.721. The van der Waals surface area contributed by atoms with Crippen molar-refractivity contribution in [3.8, 4) is 0 Å². The minimum absolute atomic E-state index is 0.126. The minimum Gasteiger partial charge on any atom is -0.376 e. The summed E-state index contributed by atoms with van der Waals surface area (Å²) >= 11 is 7.75. The summed E-state index contributed by atoms with van der Waals surface area (Å²) in [4.78, 5) is 8.50. The number of pyridine rings is 2. The normalized spacial score (nSPS) is 12.5. The van der Waals surface area contributed by atoms with E-state index >= 15 is 0 Å². The van der Waals surface area contributed by atoms with Crippen molar-refractivity contribution < 1.29 is 0 Å². The Bertz CT molecular complexity index is 710. The summed E-state index contributed by atoms with van der Waals surface area (Å²) in [5, 5.41) is 5.89. The van der Waals surface area contributed by atoms with Gasteiger partial charge in [-0.3, -0.25) is 4.98 Å². The van der Waals surface area contributed by atoms with Gasteiger partial charge in [0.05, 0.1) is 21.9 Å². The van der Waals surface area contributed by atoms with E-state index in [0.29, 0.717) is 5.15 Å². The summed E-state index contributed by atoms with van der Waals surface area (Å²) in [6.45, 7) is 2.08. The molecule has 0 bridgehead atoms. The molecule has 0 aromatic carbocycles. The molecule has 3 aromatic rings. The molecule has 0 saturated carbocycles. The summed E-state index contributed by atoms with van der Waals surface area (Å²) in [6.07, 6.45) is 3.58. The van der Waals surface area contributed by atoms with Crippen LogP contribution in [0.2, 0.25) is 5.15 Å². The lowest BCUT2D eigenvalue weighted by Gasteiger charge is -2.15. The van der Waals surface area contributed by atoms with Crippen molar-refractivity contribution >= 4 is 38.8 Å². The molecule has 3 rings (SSSR count). The molecule has 0 radical (unpaired) electrons. The Hall–Kier alpha value is -1.65. The van der Waals surface area contributed by atoms with E-state index < -0.39 is 0 Å². The van der Waals surface area contributed by atoms with Crippen LogP contribution in [0.4, 0.5) is 5.69 Å². The SMILES string of the molecule is CC(Nc1cccnc1Cl)c1cnc2ccsc2c1. The molecule has 0 aliphatic rings. The van der Waals surface area contributed by atoms with Crippen molar-refractivity contribution in [3.05, 3.63) is 52.8 Å². The van der Waals surface area contributed by atoms with E-state index in [2.05, 4.69) is 33.7 Å². The van der Waals surface area contributed by atoms with Gasteiger partial charge in [0.15, 0.2) is 5.15 Å². The second-order valence-electron chi connectivity index (χ2n) is 4.28. The molecule has 0 fully saturated rings. The Labute approximate surface area is 120 Å². The van der Waals surface area contributed by atoms with Gasteiger partial charge in [0, 0.05) is 12.4 Å². The molecule has 19 heavy (non-hydrogen) atoms. The highest BCUT2D eigenvalue weighted by molar-refractivity contribution is 7.17. The van der Waals surface area contributed by atoms with Crippen LogP contribution < -0.4 is 5.32 Å². The van der Waals surface area contributed by atoms with Gasteiger partial charge in [-0.05, 0) is 42.1 Å². The summed E-state index contributed by atoms with van der Waals surface area (Å²) in [7, 11) is 0. The summed E-state index contributed by atoms with van der Waals surface area (Å²) in [6, 6.07) is 8.10. The topological polar surface area (TPSA) is 37.8 Å². The lowest BCUT2D eigenvalue weighted by Crippen LogP contribution is -2.07. The average Bonchev–Trinajstić information content (AvgIpc) is 2.88. The van der Waals surface area contributed by atoms with Gasteiger partial charge >= 0.3 is 0 Å². The van der Waals surface area contributed by atoms with Crippen molar-refractivity contribution in [2.75, 3.05) is 5.32 Å². The highest BCUT2D eigenvalue weighted by atomic mass is 35.5. The summed E-state index contributed by atoms with van der Waals surface area (Å²) in [5.74, 6) is 0. The van der Waals surface area contributed by atoms with E-state index in [1.807, 2.05) is 24.4 Å². The van der Waals surface area contributed by atoms with E-state index in [-0.39, 0.29) is 6.04 Å². The molecule has 0 aliphatic heterocycles. The zero-order chi connectivity index (χ0) is 13.2. The van der Waals surface area contributed by atoms with Crippen molar-refractivity contribution in [2.24, 2.45) is 0 Å². The second-order valence-corrected chi connectivity index (χ2v) is 5.59. The maximum atomic E-state index is 6.05. The molecular formula is C14H12ClN3S. The fraction of sp³-hybridized carbons (Fsp3) is 0.143. The summed E-state index contributed by atoms with van der Waals surface area (Å²) < 4.78 is 1.20. The molecule has 1 unspecified atom stereocenters. The van der Waals surface area contributed by atoms with Crippen LogP contribution in [-0.2, 0) is 0 Å². The van der Waals surface area contributed by atoms with Gasteiger partial charge < -0.3 is 5.32 Å². The number of aromatic nitrogens is 2. The molecule has 1 N–H and O–H groups in total. The van der Waals surface area contributed by atoms with Gasteiger partial charge in [0.25, 0.3) is 0 Å². The fourth-order valence-corrected chi connectivity index (χ4v) is 2.87. The zero-order valence-electron chi connectivity index (χ0n) is 10.3. The van der Waals surface area contributed by atoms with Crippen LogP contribution >= 0.6 is 22.9 Å². The first-order valence-electron chi connectivity index (χ1n) is 5.94. The third-order valence-corrected chi connectivity index (χ3v) is 4.11. The zero-order valence-corrected chi connectivity index (χ0v) is 11.9. The van der Waals surface area contributed by atoms with Gasteiger partial charge in [-0.2, -0.15) is 0 Å². The smallest absolute Gasteiger partial charge is 0.152 e. The molecule has 3 aromatic heterocycles. The predicted molar refractivity (Wildman–Crippen MR) is 80.9 cm³/mol. The number of fused-ring (bicyclic) bond motifs is 1. The molecule has 5 heteroatoms. The monoisotopic (exact) mass is 289 g/mol. The van der Waals surface area contributed by atoms with Crippen LogP contribution in [0, 0.1) is 0 Å². The number of nitrogens with one attached hydrogen (secondary N) is 1. The predicted octanol–water partition coefficient (Wildman–Crippen LogP) is 4.52. The molecule has 1 atom stereocenters. The molecule has 96 valence electrons. The van der Waals surface area contributed by atoms with Gasteiger partial charge in [-0.25, -0.2) is 4.98 Å². The molecular weight excluding hydrogens is 278 g/mol. The number of anilines is 1. The van der Waals surface area contributed by atoms with E-state index in [9.17, 15) is 0 Å². The van der Waals surface area contributed by atoms with Crippen molar-refractivity contribution in [1.29, 1.82) is 0 Å². The van der Waals surface area contributed by atoms with Crippen molar-refractivity contribution in [1.82, 2.24) is 9.97 Å². The Kier molecular flexibility index (Phi) is 3.36. The van der Waals surface area contributed by atoms with Gasteiger partial charge in [-0.15, -0.1) is 11.3 Å². The molecule has 0 amide bonds. The number of thiophene rings is 1. The highest BCUT2D eigenvalue weighted by Gasteiger charge is 2.09. The van der Waals surface area contributed by atoms with E-state index in [1.54, 1.807) is 17.5 Å². The van der Waals surface area contributed by atoms with Crippen LogP contribution in [0.3, 0.4) is 0 Å². The van der Waals surface area contributed by atoms with E-state index in [4.69, 9.17) is 11.6 Å². The number of hydrogen-bond donors (Lipinski definition) is 1. The first kappa shape index (κ1) is 12.4. The lowest BCUT2D eigenvalue weighted by atomic mass is 10.1. The van der Waals surface area contributed by atoms with Crippen LogP contribution in [0.1, 0.15) is 18.5 Å². The Balaban J connectivity index is 1.87. The third kappa shape index (κ3) is 2.55. The van der Waals surface area contributed by atoms with Crippen LogP contribution in [0.15, 0.2) is 42.0 Å². The average molecular weight is 290 g/mol. The van der Waals surface area contributed by atoms with Gasteiger partial charge in [0.2, 0.25) is 0 Å². The molecule has 3 heterocycles. The molecule has 0 saturated heterocycles. The largest absolute Gasteiger partial charge is 0.376 e. The van der Waals surface area contributed by atoms with Gasteiger partial charge in [-0.1, -0.05) is 11.6 Å². The number of rotatable bonds is 3. The van der Waals surface area contributed by atoms with Crippen molar-refractivity contribution in [2.45, 2.75) is 13.0 Å². The maximum absolute atomic E-state index is 6.05. The number of hydrogen-bond acceptors (Lipinski definition) is 4. The van der Waals surface area contributed by atoms with Gasteiger partial charge in [0.1, 0.15) is 0 Å². The van der Waals surface area contributed by atoms with Crippen LogP contribution in [-0.4, -0.2) is 9.97 Å². The first-order valence-corrected chi connectivity index (χ1v) is 7.20. The maximum Gasteiger partial charge on any atom is 0.152 e. The number of nitrogens with zero attached hydrogens (tertiary/aromatic N) is 2. The molecule has 0 spiro atoms. The second kappa shape index (κ2) is 5.15. The minimum atomic E-state index is 0.126. The molecule has 0 aliphatic carbocycles. The Morgan fingerprint density at radius 3 is 3.05 bits per heavy atom. The Morgan fingerprint density at radius 1 is 1.32 bits per heavy atom. The van der Waals surface area contributed by atoms with Crippen LogP contribution in [0.5, 0.6) is 0 Å². The first-order chi connectivity index (χ1) is 9.24. The number of halogens is 1. The lowest BCUT2D eigenvalue weighted by molar-refractivity contribution is 0.878. The fourth-order valence-electron chi connectivity index (χ4n) is 1.91. The standard InChI is InChI=1S/C14H12ClN3S/c1-9(18-12-3-2-5-16-14(12)15)10-7-13-11(17-8-10)4-6-19-13/h2-9,18H,1H3. The third-order valence-electron chi connectivity index (χ3n) is 2.95.